The second kappa shape index (κ2) is 9.84. The predicted octanol–water partition coefficient (Wildman–Crippen LogP) is 6.15. The molecule has 0 amide bonds. The average Bonchev–Trinajstić information content (AvgIpc) is 2.85. The monoisotopic (exact) mass is 454 g/mol. The molecular weight excluding hydrogens is 424 g/mol. The molecule has 3 aromatic rings. The van der Waals surface area contributed by atoms with Gasteiger partial charge in [-0.15, -0.1) is 0 Å². The van der Waals surface area contributed by atoms with Gasteiger partial charge < -0.3 is 9.84 Å². The number of hydrogen-bond acceptors (Lipinski definition) is 3. The normalized spacial score (nSPS) is 28.5. The van der Waals surface area contributed by atoms with Crippen LogP contribution in [0.3, 0.4) is 0 Å². The molecule has 2 aliphatic carbocycles. The number of benzene rings is 3. The van der Waals surface area contributed by atoms with Crippen molar-refractivity contribution < 1.29 is 19.4 Å². The van der Waals surface area contributed by atoms with Gasteiger partial charge in [-0.05, 0) is 36.0 Å². The van der Waals surface area contributed by atoms with E-state index in [1.54, 1.807) is 0 Å². The minimum absolute atomic E-state index is 0.180. The van der Waals surface area contributed by atoms with Crippen molar-refractivity contribution in [3.05, 3.63) is 108 Å². The topological polar surface area (TPSA) is 63.6 Å². The first kappa shape index (κ1) is 22.4. The van der Waals surface area contributed by atoms with Crippen LogP contribution in [0, 0.1) is 11.8 Å². The molecule has 2 saturated carbocycles. The molecule has 34 heavy (non-hydrogen) atoms. The first-order valence-corrected chi connectivity index (χ1v) is 12.2. The summed E-state index contributed by atoms with van der Waals surface area (Å²) in [6.45, 7) is 0. The Kier molecular flexibility index (Phi) is 6.48. The van der Waals surface area contributed by atoms with Crippen LogP contribution in [0.4, 0.5) is 0 Å². The van der Waals surface area contributed by atoms with E-state index in [-0.39, 0.29) is 18.0 Å². The number of rotatable bonds is 6. The standard InChI is InChI=1S/C30H30O4/c31-29(32)27-25(21-14-6-2-7-15-21)28(26(27)22-16-8-3-9-17-22)30(33)34-24-19-11-10-18-23(24)20-12-4-1-5-13-20/h1-9,12-17,23-28H,10-11,18-19H2,(H,31,32)/t23?,24-,25-,26?,27+,28+/m1/s1. The summed E-state index contributed by atoms with van der Waals surface area (Å²) in [4.78, 5) is 26.2. The van der Waals surface area contributed by atoms with Crippen LogP contribution in [0.5, 0.6) is 0 Å². The quantitative estimate of drug-likeness (QED) is 0.454. The zero-order valence-electron chi connectivity index (χ0n) is 19.1. The van der Waals surface area contributed by atoms with Gasteiger partial charge in [0.25, 0.3) is 0 Å². The van der Waals surface area contributed by atoms with Crippen LogP contribution in [-0.4, -0.2) is 23.1 Å². The largest absolute Gasteiger partial charge is 0.481 e. The molecule has 3 aromatic carbocycles. The minimum Gasteiger partial charge on any atom is -0.481 e. The zero-order chi connectivity index (χ0) is 23.5. The molecule has 2 aliphatic rings. The lowest BCUT2D eigenvalue weighted by Crippen LogP contribution is -2.52. The molecule has 0 spiro atoms. The highest BCUT2D eigenvalue weighted by atomic mass is 16.5. The predicted molar refractivity (Wildman–Crippen MR) is 131 cm³/mol. The molecule has 0 aliphatic heterocycles. The van der Waals surface area contributed by atoms with E-state index in [2.05, 4.69) is 12.1 Å². The minimum atomic E-state index is -0.869. The van der Waals surface area contributed by atoms with Crippen LogP contribution in [-0.2, 0) is 14.3 Å². The Balaban J connectivity index is 1.46. The van der Waals surface area contributed by atoms with E-state index in [1.165, 1.54) is 5.56 Å². The van der Waals surface area contributed by atoms with Gasteiger partial charge in [0.1, 0.15) is 6.10 Å². The Morgan fingerprint density at radius 1 is 0.647 bits per heavy atom. The molecule has 6 atom stereocenters. The number of aliphatic carboxylic acids is 1. The summed E-state index contributed by atoms with van der Waals surface area (Å²) in [5.74, 6) is -2.97. The van der Waals surface area contributed by atoms with Gasteiger partial charge in [0.2, 0.25) is 0 Å². The third-order valence-electron chi connectivity index (χ3n) is 7.67. The van der Waals surface area contributed by atoms with Crippen LogP contribution >= 0.6 is 0 Å². The van der Waals surface area contributed by atoms with Crippen molar-refractivity contribution >= 4 is 11.9 Å². The molecule has 0 aromatic heterocycles. The van der Waals surface area contributed by atoms with Crippen LogP contribution < -0.4 is 0 Å². The van der Waals surface area contributed by atoms with Crippen LogP contribution in [0.1, 0.15) is 60.1 Å². The maximum Gasteiger partial charge on any atom is 0.310 e. The molecule has 0 bridgehead atoms. The van der Waals surface area contributed by atoms with Gasteiger partial charge in [-0.3, -0.25) is 9.59 Å². The van der Waals surface area contributed by atoms with Gasteiger partial charge in [0.15, 0.2) is 0 Å². The van der Waals surface area contributed by atoms with E-state index < -0.39 is 29.6 Å². The number of hydrogen-bond donors (Lipinski definition) is 1. The fraction of sp³-hybridized carbons (Fsp3) is 0.333. The van der Waals surface area contributed by atoms with E-state index in [0.29, 0.717) is 0 Å². The Morgan fingerprint density at radius 2 is 1.12 bits per heavy atom. The average molecular weight is 455 g/mol. The van der Waals surface area contributed by atoms with E-state index >= 15 is 0 Å². The molecule has 0 radical (unpaired) electrons. The van der Waals surface area contributed by atoms with Gasteiger partial charge in [0.05, 0.1) is 11.8 Å². The third kappa shape index (κ3) is 4.25. The van der Waals surface area contributed by atoms with Crippen LogP contribution in [0.2, 0.25) is 0 Å². The maximum atomic E-state index is 13.8. The SMILES string of the molecule is O=C(O)[C@@H]1C(c2ccccc2)[C@@H](C(=O)O[C@@H]2CCCCC2c2ccccc2)[C@@H]1c1ccccc1. The fourth-order valence-corrected chi connectivity index (χ4v) is 6.08. The molecular formula is C30H30O4. The molecule has 1 N–H and O–H groups in total. The Bertz CT molecular complexity index is 1060. The van der Waals surface area contributed by atoms with Gasteiger partial charge >= 0.3 is 11.9 Å². The Labute approximate surface area is 200 Å². The van der Waals surface area contributed by atoms with Crippen molar-refractivity contribution in [1.82, 2.24) is 0 Å². The van der Waals surface area contributed by atoms with Gasteiger partial charge in [-0.25, -0.2) is 0 Å². The van der Waals surface area contributed by atoms with Gasteiger partial charge in [-0.2, -0.15) is 0 Å². The highest BCUT2D eigenvalue weighted by Crippen LogP contribution is 2.58. The summed E-state index contributed by atoms with van der Waals surface area (Å²) in [5.41, 5.74) is 2.97. The lowest BCUT2D eigenvalue weighted by atomic mass is 9.52. The zero-order valence-corrected chi connectivity index (χ0v) is 19.1. The Morgan fingerprint density at radius 3 is 1.62 bits per heavy atom. The van der Waals surface area contributed by atoms with Crippen molar-refractivity contribution in [2.45, 2.75) is 49.5 Å². The number of esters is 1. The highest BCUT2D eigenvalue weighted by Gasteiger charge is 2.59. The van der Waals surface area contributed by atoms with E-state index in [0.717, 1.165) is 36.8 Å². The third-order valence-corrected chi connectivity index (χ3v) is 7.67. The van der Waals surface area contributed by atoms with Crippen molar-refractivity contribution in [2.75, 3.05) is 0 Å². The van der Waals surface area contributed by atoms with Crippen molar-refractivity contribution in [1.29, 1.82) is 0 Å². The van der Waals surface area contributed by atoms with Crippen molar-refractivity contribution in [3.8, 4) is 0 Å². The maximum absolute atomic E-state index is 13.8. The smallest absolute Gasteiger partial charge is 0.310 e. The van der Waals surface area contributed by atoms with E-state index in [1.807, 2.05) is 78.9 Å². The number of carboxylic acid groups (broad SMARTS) is 1. The summed E-state index contributed by atoms with van der Waals surface area (Å²) in [6.07, 6.45) is 3.81. The summed E-state index contributed by atoms with van der Waals surface area (Å²) >= 11 is 0. The van der Waals surface area contributed by atoms with Crippen LogP contribution in [0.15, 0.2) is 91.0 Å². The second-order valence-corrected chi connectivity index (χ2v) is 9.54. The van der Waals surface area contributed by atoms with Gasteiger partial charge in [-0.1, -0.05) is 97.4 Å². The molecule has 4 nitrogen and oxygen atoms in total. The highest BCUT2D eigenvalue weighted by molar-refractivity contribution is 5.84. The van der Waals surface area contributed by atoms with E-state index in [9.17, 15) is 14.7 Å². The first-order chi connectivity index (χ1) is 16.6. The number of carboxylic acids is 1. The van der Waals surface area contributed by atoms with Crippen LogP contribution in [0.25, 0.3) is 0 Å². The lowest BCUT2D eigenvalue weighted by molar-refractivity contribution is -0.170. The molecule has 174 valence electrons. The molecule has 4 heteroatoms. The summed E-state index contributed by atoms with van der Waals surface area (Å²) in [7, 11) is 0. The summed E-state index contributed by atoms with van der Waals surface area (Å²) < 4.78 is 6.26. The molecule has 0 saturated heterocycles. The number of carbonyl (C=O) groups is 2. The number of carbonyl (C=O) groups excluding carboxylic acids is 1. The van der Waals surface area contributed by atoms with E-state index in [4.69, 9.17) is 4.74 Å². The molecule has 2 unspecified atom stereocenters. The lowest BCUT2D eigenvalue weighted by Gasteiger charge is -2.49. The molecule has 2 fully saturated rings. The van der Waals surface area contributed by atoms with Crippen molar-refractivity contribution in [3.63, 3.8) is 0 Å². The molecule has 0 heterocycles. The summed E-state index contributed by atoms with van der Waals surface area (Å²) in [5, 5.41) is 10.2. The van der Waals surface area contributed by atoms with Crippen molar-refractivity contribution in [2.24, 2.45) is 11.8 Å². The van der Waals surface area contributed by atoms with Gasteiger partial charge in [0, 0.05) is 17.8 Å². The Hall–Kier alpha value is -3.40. The number of ether oxygens (including phenoxy) is 1. The fourth-order valence-electron chi connectivity index (χ4n) is 6.08. The second-order valence-electron chi connectivity index (χ2n) is 9.54. The molecule has 5 rings (SSSR count). The first-order valence-electron chi connectivity index (χ1n) is 12.2. The summed E-state index contributed by atoms with van der Waals surface area (Å²) in [6, 6.07) is 29.4.